The molecule has 8 aromatic carbocycles. The molecule has 0 bridgehead atoms. The molecule has 0 amide bonds. The van der Waals surface area contributed by atoms with Crippen LogP contribution in [0.2, 0.25) is 0 Å². The zero-order valence-corrected chi connectivity index (χ0v) is 27.9. The fourth-order valence-corrected chi connectivity index (χ4v) is 7.97. The number of nitrogens with zero attached hydrogens (tertiary/aromatic N) is 3. The topological polar surface area (TPSA) is 47.3 Å². The highest BCUT2D eigenvalue weighted by atomic mass is 16.3. The Morgan fingerprint density at radius 3 is 2.04 bits per heavy atom. The molecule has 0 saturated carbocycles. The minimum atomic E-state index is 0.601. The van der Waals surface area contributed by atoms with Gasteiger partial charge in [-0.1, -0.05) is 97.1 Å². The van der Waals surface area contributed by atoms with E-state index in [4.69, 9.17) is 13.8 Å². The maximum atomic E-state index is 6.44. The lowest BCUT2D eigenvalue weighted by atomic mass is 10.0. The summed E-state index contributed by atoms with van der Waals surface area (Å²) in [6, 6.07) is 61.4. The largest absolute Gasteiger partial charge is 0.456 e. The van der Waals surface area contributed by atoms with Gasteiger partial charge in [-0.25, -0.2) is 4.98 Å². The first-order valence-electron chi connectivity index (χ1n) is 17.5. The number of aromatic nitrogens is 2. The van der Waals surface area contributed by atoms with Gasteiger partial charge in [-0.2, -0.15) is 0 Å². The zero-order valence-electron chi connectivity index (χ0n) is 27.9. The molecule has 0 radical (unpaired) electrons. The summed E-state index contributed by atoms with van der Waals surface area (Å²) in [5.74, 6) is 0.601. The van der Waals surface area contributed by atoms with Crippen molar-refractivity contribution in [1.29, 1.82) is 0 Å². The number of furan rings is 1. The first-order chi connectivity index (χ1) is 25.8. The lowest BCUT2D eigenvalue weighted by Gasteiger charge is -2.27. The number of hydrogen-bond donors (Lipinski definition) is 0. The highest BCUT2D eigenvalue weighted by Crippen LogP contribution is 2.47. The third kappa shape index (κ3) is 4.26. The van der Waals surface area contributed by atoms with Gasteiger partial charge in [0.05, 0.1) is 33.5 Å². The molecule has 0 aliphatic carbocycles. The van der Waals surface area contributed by atoms with Gasteiger partial charge in [0.25, 0.3) is 0 Å². The van der Waals surface area contributed by atoms with Crippen LogP contribution < -0.4 is 4.90 Å². The molecule has 0 N–H and O–H groups in total. The van der Waals surface area contributed by atoms with Crippen LogP contribution in [0.1, 0.15) is 0 Å². The Balaban J connectivity index is 1.21. The SMILES string of the molecule is c1ccc(-c2nc3ccc(N(c4cccc5c4ccc4c5c5ccccc5n4-c4ccccc4)c4cccc5oc6ccccc6c45)cc3o2)cc1. The van der Waals surface area contributed by atoms with Crippen LogP contribution in [0.5, 0.6) is 0 Å². The standard InChI is InChI=1S/C47H29N3O2/c1-3-13-30(14-4-1)47-48-37-27-25-32(29-44(37)52-47)50(40-22-12-24-43-46(40)36-18-8-10-23-42(36)51-43)38-21-11-19-34-33(38)26-28-41-45(34)35-17-7-9-20-39(35)49(41)31-15-5-2-6-16-31/h1-29H. The molecule has 11 aromatic rings. The van der Waals surface area contributed by atoms with E-state index in [-0.39, 0.29) is 0 Å². The highest BCUT2D eigenvalue weighted by molar-refractivity contribution is 6.24. The molecule has 0 spiro atoms. The van der Waals surface area contributed by atoms with Gasteiger partial charge in [-0.3, -0.25) is 0 Å². The second kappa shape index (κ2) is 11.2. The van der Waals surface area contributed by atoms with Crippen LogP contribution in [0.3, 0.4) is 0 Å². The number of benzene rings is 8. The van der Waals surface area contributed by atoms with Crippen molar-refractivity contribution in [3.63, 3.8) is 0 Å². The summed E-state index contributed by atoms with van der Waals surface area (Å²) in [4.78, 5) is 7.20. The molecule has 3 aromatic heterocycles. The van der Waals surface area contributed by atoms with E-state index < -0.39 is 0 Å². The molecule has 52 heavy (non-hydrogen) atoms. The predicted octanol–water partition coefficient (Wildman–Crippen LogP) is 13.1. The first-order valence-corrected chi connectivity index (χ1v) is 17.5. The average molecular weight is 668 g/mol. The van der Waals surface area contributed by atoms with Crippen molar-refractivity contribution in [3.05, 3.63) is 176 Å². The molecule has 0 atom stereocenters. The Kier molecular flexibility index (Phi) is 6.18. The fourth-order valence-electron chi connectivity index (χ4n) is 7.97. The fraction of sp³-hybridized carbons (Fsp3) is 0. The molecule has 5 heteroatoms. The highest BCUT2D eigenvalue weighted by Gasteiger charge is 2.23. The second-order valence-corrected chi connectivity index (χ2v) is 13.1. The van der Waals surface area contributed by atoms with Crippen LogP contribution in [0.25, 0.3) is 82.8 Å². The van der Waals surface area contributed by atoms with Crippen molar-refractivity contribution in [2.75, 3.05) is 4.90 Å². The smallest absolute Gasteiger partial charge is 0.227 e. The summed E-state index contributed by atoms with van der Waals surface area (Å²) in [6.07, 6.45) is 0. The number of fused-ring (bicyclic) bond motifs is 9. The van der Waals surface area contributed by atoms with Gasteiger partial charge in [-0.15, -0.1) is 0 Å². The maximum Gasteiger partial charge on any atom is 0.227 e. The van der Waals surface area contributed by atoms with E-state index in [1.54, 1.807) is 0 Å². The molecule has 3 heterocycles. The van der Waals surface area contributed by atoms with Crippen LogP contribution in [0.4, 0.5) is 17.1 Å². The summed E-state index contributed by atoms with van der Waals surface area (Å²) < 4.78 is 15.2. The summed E-state index contributed by atoms with van der Waals surface area (Å²) in [5, 5.41) is 6.89. The van der Waals surface area contributed by atoms with Gasteiger partial charge in [0, 0.05) is 38.9 Å². The first kappa shape index (κ1) is 28.7. The van der Waals surface area contributed by atoms with E-state index in [1.165, 1.54) is 27.2 Å². The average Bonchev–Trinajstić information content (AvgIpc) is 3.91. The molecular weight excluding hydrogens is 639 g/mol. The minimum absolute atomic E-state index is 0.601. The van der Waals surface area contributed by atoms with Crippen molar-refractivity contribution in [3.8, 4) is 17.1 Å². The van der Waals surface area contributed by atoms with Gasteiger partial charge < -0.3 is 18.3 Å². The normalized spacial score (nSPS) is 11.8. The second-order valence-electron chi connectivity index (χ2n) is 13.1. The number of rotatable bonds is 5. The van der Waals surface area contributed by atoms with Gasteiger partial charge in [0.2, 0.25) is 5.89 Å². The molecule has 0 saturated heterocycles. The van der Waals surface area contributed by atoms with Crippen molar-refractivity contribution in [1.82, 2.24) is 9.55 Å². The van der Waals surface area contributed by atoms with Gasteiger partial charge in [0.15, 0.2) is 5.58 Å². The number of oxazole rings is 1. The summed E-state index contributed by atoms with van der Waals surface area (Å²) in [7, 11) is 0. The number of anilines is 3. The summed E-state index contributed by atoms with van der Waals surface area (Å²) >= 11 is 0. The van der Waals surface area contributed by atoms with E-state index >= 15 is 0 Å². The van der Waals surface area contributed by atoms with Crippen LogP contribution in [0, 0.1) is 0 Å². The molecule has 11 rings (SSSR count). The Bertz CT molecular complexity index is 3140. The van der Waals surface area contributed by atoms with Crippen LogP contribution >= 0.6 is 0 Å². The Morgan fingerprint density at radius 2 is 1.15 bits per heavy atom. The van der Waals surface area contributed by atoms with Crippen LogP contribution in [-0.2, 0) is 0 Å². The number of para-hydroxylation sites is 3. The van der Waals surface area contributed by atoms with E-state index in [9.17, 15) is 0 Å². The van der Waals surface area contributed by atoms with Crippen LogP contribution in [-0.4, -0.2) is 9.55 Å². The quantitative estimate of drug-likeness (QED) is 0.183. The Labute approximate surface area is 298 Å². The minimum Gasteiger partial charge on any atom is -0.456 e. The lowest BCUT2D eigenvalue weighted by molar-refractivity contribution is 0.620. The van der Waals surface area contributed by atoms with Gasteiger partial charge in [0.1, 0.15) is 16.7 Å². The Hall–Kier alpha value is -7.11. The van der Waals surface area contributed by atoms with E-state index in [1.807, 2.05) is 48.5 Å². The Morgan fingerprint density at radius 1 is 0.442 bits per heavy atom. The third-order valence-corrected chi connectivity index (χ3v) is 10.2. The van der Waals surface area contributed by atoms with Gasteiger partial charge in [-0.05, 0) is 78.2 Å². The van der Waals surface area contributed by atoms with Crippen LogP contribution in [0.15, 0.2) is 185 Å². The molecule has 0 aliphatic rings. The molecule has 5 nitrogen and oxygen atoms in total. The van der Waals surface area contributed by atoms with Crippen molar-refractivity contribution in [2.24, 2.45) is 0 Å². The van der Waals surface area contributed by atoms with Gasteiger partial charge >= 0.3 is 0 Å². The predicted molar refractivity (Wildman–Crippen MR) is 213 cm³/mol. The molecule has 244 valence electrons. The van der Waals surface area contributed by atoms with E-state index in [2.05, 4.69) is 137 Å². The summed E-state index contributed by atoms with van der Waals surface area (Å²) in [6.45, 7) is 0. The van der Waals surface area contributed by atoms with Crippen molar-refractivity contribution >= 4 is 82.7 Å². The monoisotopic (exact) mass is 667 g/mol. The zero-order chi connectivity index (χ0) is 34.2. The number of hydrogen-bond acceptors (Lipinski definition) is 4. The third-order valence-electron chi connectivity index (χ3n) is 10.2. The molecule has 0 unspecified atom stereocenters. The molecular formula is C47H29N3O2. The summed E-state index contributed by atoms with van der Waals surface area (Å²) in [5.41, 5.74) is 10.7. The molecule has 0 fully saturated rings. The lowest BCUT2D eigenvalue weighted by Crippen LogP contribution is -2.11. The maximum absolute atomic E-state index is 6.44. The van der Waals surface area contributed by atoms with Crippen molar-refractivity contribution < 1.29 is 8.83 Å². The van der Waals surface area contributed by atoms with E-state index in [0.29, 0.717) is 5.89 Å². The van der Waals surface area contributed by atoms with E-state index in [0.717, 1.165) is 66.7 Å². The molecule has 0 aliphatic heterocycles. The van der Waals surface area contributed by atoms with Crippen molar-refractivity contribution in [2.45, 2.75) is 0 Å².